The predicted octanol–water partition coefficient (Wildman–Crippen LogP) is 0.458. The number of nitrogens with zero attached hydrogens (tertiary/aromatic N) is 1. The molecule has 13 heavy (non-hydrogen) atoms. The lowest BCUT2D eigenvalue weighted by atomic mass is 10.1. The number of hydrogen-bond donors (Lipinski definition) is 2. The van der Waals surface area contributed by atoms with E-state index in [9.17, 15) is 9.90 Å². The Morgan fingerprint density at radius 1 is 1.77 bits per heavy atom. The maximum absolute atomic E-state index is 11.1. The fourth-order valence-corrected chi connectivity index (χ4v) is 1.02. The number of nitrogens with one attached hydrogen (secondary N) is 1. The summed E-state index contributed by atoms with van der Waals surface area (Å²) in [6, 6.07) is 3.06. The van der Waals surface area contributed by atoms with Crippen LogP contribution in [0.15, 0.2) is 23.1 Å². The van der Waals surface area contributed by atoms with E-state index in [1.54, 1.807) is 19.3 Å². The maximum Gasteiger partial charge on any atom is 0.250 e. The van der Waals surface area contributed by atoms with Gasteiger partial charge in [-0.05, 0) is 17.8 Å². The lowest BCUT2D eigenvalue weighted by molar-refractivity contribution is 0.187. The number of hydrogen-bond acceptors (Lipinski definition) is 3. The lowest BCUT2D eigenvalue weighted by Gasteiger charge is -2.07. The minimum Gasteiger partial charge on any atom is -0.388 e. The number of rotatable bonds is 3. The summed E-state index contributed by atoms with van der Waals surface area (Å²) in [6.07, 6.45) is 2.23. The molecule has 0 saturated heterocycles. The van der Waals surface area contributed by atoms with E-state index >= 15 is 0 Å². The van der Waals surface area contributed by atoms with Crippen molar-refractivity contribution >= 4 is 6.21 Å². The molecule has 4 nitrogen and oxygen atoms in total. The normalized spacial score (nSPS) is 12.5. The van der Waals surface area contributed by atoms with E-state index in [1.165, 1.54) is 10.6 Å². The first kappa shape index (κ1) is 9.67. The molecule has 1 aromatic rings. The minimum absolute atomic E-state index is 0.151. The van der Waals surface area contributed by atoms with Crippen molar-refractivity contribution in [1.29, 1.82) is 5.41 Å². The van der Waals surface area contributed by atoms with Crippen LogP contribution in [0.4, 0.5) is 0 Å². The number of aliphatic hydroxyl groups excluding tert-OH is 1. The van der Waals surface area contributed by atoms with Gasteiger partial charge in [-0.2, -0.15) is 0 Å². The molecule has 1 aromatic heterocycles. The van der Waals surface area contributed by atoms with Gasteiger partial charge in [0.25, 0.3) is 5.56 Å². The molecular weight excluding hydrogens is 168 g/mol. The topological polar surface area (TPSA) is 66.1 Å². The van der Waals surface area contributed by atoms with Crippen LogP contribution in [-0.4, -0.2) is 15.9 Å². The minimum atomic E-state index is -0.744. The van der Waals surface area contributed by atoms with Crippen LogP contribution < -0.4 is 5.56 Å². The third kappa shape index (κ3) is 2.26. The number of aromatic nitrogens is 1. The van der Waals surface area contributed by atoms with Crippen molar-refractivity contribution in [1.82, 2.24) is 4.57 Å². The number of aliphatic hydroxyl groups is 1. The van der Waals surface area contributed by atoms with Gasteiger partial charge in [0, 0.05) is 25.7 Å². The summed E-state index contributed by atoms with van der Waals surface area (Å²) < 4.78 is 1.43. The van der Waals surface area contributed by atoms with Crippen LogP contribution in [0.25, 0.3) is 0 Å². The van der Waals surface area contributed by atoms with Gasteiger partial charge in [0.1, 0.15) is 0 Å². The maximum atomic E-state index is 11.1. The van der Waals surface area contributed by atoms with E-state index < -0.39 is 6.10 Å². The molecule has 0 aliphatic heterocycles. The largest absolute Gasteiger partial charge is 0.388 e. The lowest BCUT2D eigenvalue weighted by Crippen LogP contribution is -2.16. The third-order valence-corrected chi connectivity index (χ3v) is 1.85. The average Bonchev–Trinajstić information content (AvgIpc) is 2.10. The standard InChI is InChI=1S/C9H12N2O2/c1-11-5-3-7(6-9(11)13)8(12)2-4-10/h3-6,8,10,12H,2H2,1H3/t8-/m0/s1. The monoisotopic (exact) mass is 180 g/mol. The first-order valence-electron chi connectivity index (χ1n) is 3.98. The zero-order valence-electron chi connectivity index (χ0n) is 7.40. The van der Waals surface area contributed by atoms with Crippen molar-refractivity contribution in [2.45, 2.75) is 12.5 Å². The zero-order chi connectivity index (χ0) is 9.84. The zero-order valence-corrected chi connectivity index (χ0v) is 7.40. The van der Waals surface area contributed by atoms with E-state index in [-0.39, 0.29) is 12.0 Å². The summed E-state index contributed by atoms with van der Waals surface area (Å²) in [6.45, 7) is 0. The highest BCUT2D eigenvalue weighted by atomic mass is 16.3. The molecule has 0 spiro atoms. The van der Waals surface area contributed by atoms with Crippen molar-refractivity contribution in [2.75, 3.05) is 0 Å². The van der Waals surface area contributed by atoms with E-state index in [0.29, 0.717) is 5.56 Å². The second-order valence-corrected chi connectivity index (χ2v) is 2.86. The van der Waals surface area contributed by atoms with Gasteiger partial charge in [-0.25, -0.2) is 0 Å². The van der Waals surface area contributed by atoms with Gasteiger partial charge in [0.15, 0.2) is 0 Å². The fraction of sp³-hybridized carbons (Fsp3) is 0.333. The van der Waals surface area contributed by atoms with Gasteiger partial charge in [0.05, 0.1) is 6.10 Å². The summed E-state index contributed by atoms with van der Waals surface area (Å²) in [5.41, 5.74) is 0.410. The van der Waals surface area contributed by atoms with Crippen LogP contribution in [0.2, 0.25) is 0 Å². The van der Waals surface area contributed by atoms with E-state index in [0.717, 1.165) is 6.21 Å². The van der Waals surface area contributed by atoms with Gasteiger partial charge in [-0.15, -0.1) is 0 Å². The number of aryl methyl sites for hydroxylation is 1. The molecule has 2 N–H and O–H groups in total. The molecule has 0 aliphatic carbocycles. The Balaban J connectivity index is 2.96. The molecule has 0 fully saturated rings. The van der Waals surface area contributed by atoms with Gasteiger partial charge < -0.3 is 15.1 Å². The average molecular weight is 180 g/mol. The Morgan fingerprint density at radius 3 is 3.00 bits per heavy atom. The molecule has 1 rings (SSSR count). The van der Waals surface area contributed by atoms with Crippen molar-refractivity contribution in [3.8, 4) is 0 Å². The molecule has 0 aromatic carbocycles. The quantitative estimate of drug-likeness (QED) is 0.663. The van der Waals surface area contributed by atoms with Gasteiger partial charge in [-0.3, -0.25) is 4.79 Å². The molecule has 0 aliphatic rings. The molecule has 4 heteroatoms. The second kappa shape index (κ2) is 4.00. The molecular formula is C9H12N2O2. The SMILES string of the molecule is Cn1ccc([C@@H](O)CC=N)cc1=O. The van der Waals surface area contributed by atoms with Crippen LogP contribution in [-0.2, 0) is 7.05 Å². The molecule has 0 unspecified atom stereocenters. The van der Waals surface area contributed by atoms with Crippen LogP contribution in [0.1, 0.15) is 18.1 Å². The summed E-state index contributed by atoms with van der Waals surface area (Å²) >= 11 is 0. The Bertz CT molecular complexity index is 357. The van der Waals surface area contributed by atoms with E-state index in [4.69, 9.17) is 5.41 Å². The highest BCUT2D eigenvalue weighted by molar-refractivity contribution is 5.54. The van der Waals surface area contributed by atoms with Crippen molar-refractivity contribution in [3.05, 3.63) is 34.2 Å². The molecule has 0 bridgehead atoms. The Labute approximate surface area is 76.0 Å². The Morgan fingerprint density at radius 2 is 2.46 bits per heavy atom. The van der Waals surface area contributed by atoms with Gasteiger partial charge in [0.2, 0.25) is 0 Å². The van der Waals surface area contributed by atoms with E-state index in [2.05, 4.69) is 0 Å². The van der Waals surface area contributed by atoms with Gasteiger partial charge in [-0.1, -0.05) is 0 Å². The molecule has 0 saturated carbocycles. The van der Waals surface area contributed by atoms with Crippen LogP contribution in [0, 0.1) is 5.41 Å². The Kier molecular flexibility index (Phi) is 2.97. The van der Waals surface area contributed by atoms with Crippen molar-refractivity contribution in [2.24, 2.45) is 7.05 Å². The van der Waals surface area contributed by atoms with Crippen molar-refractivity contribution in [3.63, 3.8) is 0 Å². The van der Waals surface area contributed by atoms with Crippen LogP contribution in [0.3, 0.4) is 0 Å². The summed E-state index contributed by atoms with van der Waals surface area (Å²) in [7, 11) is 1.65. The second-order valence-electron chi connectivity index (χ2n) is 2.86. The van der Waals surface area contributed by atoms with E-state index in [1.807, 2.05) is 0 Å². The highest BCUT2D eigenvalue weighted by Gasteiger charge is 2.05. The fourth-order valence-electron chi connectivity index (χ4n) is 1.02. The molecule has 0 amide bonds. The summed E-state index contributed by atoms with van der Waals surface area (Å²) in [5, 5.41) is 16.2. The van der Waals surface area contributed by atoms with Crippen LogP contribution in [0.5, 0.6) is 0 Å². The highest BCUT2D eigenvalue weighted by Crippen LogP contribution is 2.12. The number of pyridine rings is 1. The summed E-state index contributed by atoms with van der Waals surface area (Å²) in [5.74, 6) is 0. The first-order valence-corrected chi connectivity index (χ1v) is 3.98. The van der Waals surface area contributed by atoms with Gasteiger partial charge >= 0.3 is 0 Å². The molecule has 1 heterocycles. The smallest absolute Gasteiger partial charge is 0.250 e. The third-order valence-electron chi connectivity index (χ3n) is 1.85. The molecule has 0 radical (unpaired) electrons. The molecule has 1 atom stereocenters. The Hall–Kier alpha value is -1.42. The van der Waals surface area contributed by atoms with Crippen molar-refractivity contribution < 1.29 is 5.11 Å². The predicted molar refractivity (Wildman–Crippen MR) is 50.0 cm³/mol. The molecule has 70 valence electrons. The first-order chi connectivity index (χ1) is 6.15. The summed E-state index contributed by atoms with van der Waals surface area (Å²) in [4.78, 5) is 11.1. The van der Waals surface area contributed by atoms with Crippen LogP contribution >= 0.6 is 0 Å².